The highest BCUT2D eigenvalue weighted by atomic mass is 32.1. The number of anilines is 2. The number of thiazole rings is 1. The summed E-state index contributed by atoms with van der Waals surface area (Å²) in [4.78, 5) is 69.2. The molecule has 1 N–H and O–H groups in total. The molecule has 3 fully saturated rings. The molecule has 292 valence electrons. The van der Waals surface area contributed by atoms with Gasteiger partial charge in [-0.1, -0.05) is 13.0 Å². The maximum atomic E-state index is 14.0. The molecule has 1 aromatic carbocycles. The molecule has 54 heavy (non-hydrogen) atoms. The van der Waals surface area contributed by atoms with E-state index in [-0.39, 0.29) is 29.4 Å². The van der Waals surface area contributed by atoms with Crippen molar-refractivity contribution >= 4 is 57.1 Å². The summed E-state index contributed by atoms with van der Waals surface area (Å²) in [6.07, 6.45) is 3.88. The second-order valence-electron chi connectivity index (χ2n) is 17.0. The first-order valence-corrected chi connectivity index (χ1v) is 19.8. The van der Waals surface area contributed by atoms with E-state index in [9.17, 15) is 19.2 Å². The molecule has 0 saturated carbocycles. The number of carbonyl (C=O) groups is 4. The number of hydrogen-bond acceptors (Lipinski definition) is 11. The predicted molar refractivity (Wildman–Crippen MR) is 208 cm³/mol. The standard InChI is InChI=1S/C40H54N6O7S/c1-24-9-11-31(26-10-12-32-30(19-26)43-35(54-32)25-13-16-44(8)17-14-25)45(22-24)36(48)34(47)42-28-20-29(27-15-18-51-23-27)33(41-21-28)46(37(49)52-39(2,3)4)38(50)53-40(5,6)7/h10,12,19-21,24-25,27,31H,9,11,13-18,22-23H2,1-8H3,(H,42,47)/t24-,27?,31?/m0/s1. The van der Waals surface area contributed by atoms with E-state index in [4.69, 9.17) is 19.2 Å². The van der Waals surface area contributed by atoms with Crippen LogP contribution in [0.4, 0.5) is 21.1 Å². The summed E-state index contributed by atoms with van der Waals surface area (Å²) in [5, 5.41) is 3.93. The van der Waals surface area contributed by atoms with Crippen molar-refractivity contribution in [3.8, 4) is 0 Å². The van der Waals surface area contributed by atoms with Gasteiger partial charge in [-0.15, -0.1) is 11.3 Å². The minimum Gasteiger partial charge on any atom is -0.443 e. The highest BCUT2D eigenvalue weighted by Crippen LogP contribution is 2.39. The molecular weight excluding hydrogens is 709 g/mol. The van der Waals surface area contributed by atoms with Crippen molar-refractivity contribution in [2.75, 3.05) is 50.1 Å². The number of carbonyl (C=O) groups excluding carboxylic acids is 4. The molecule has 0 aliphatic carbocycles. The molecule has 0 bridgehead atoms. The second kappa shape index (κ2) is 15.9. The van der Waals surface area contributed by atoms with E-state index in [2.05, 4.69) is 47.4 Å². The van der Waals surface area contributed by atoms with Gasteiger partial charge in [0.1, 0.15) is 11.2 Å². The maximum Gasteiger partial charge on any atom is 0.425 e. The zero-order valence-corrected chi connectivity index (χ0v) is 33.6. The maximum absolute atomic E-state index is 14.0. The van der Waals surface area contributed by atoms with Crippen LogP contribution in [-0.4, -0.2) is 94.9 Å². The van der Waals surface area contributed by atoms with E-state index < -0.39 is 35.2 Å². The Bertz CT molecular complexity index is 1840. The van der Waals surface area contributed by atoms with Crippen LogP contribution in [0.1, 0.15) is 115 Å². The number of amides is 4. The molecule has 2 unspecified atom stereocenters. The van der Waals surface area contributed by atoms with Crippen molar-refractivity contribution in [2.24, 2.45) is 5.92 Å². The number of piperidine rings is 2. The Morgan fingerprint density at radius 1 is 0.926 bits per heavy atom. The summed E-state index contributed by atoms with van der Waals surface area (Å²) in [7, 11) is 2.16. The van der Waals surface area contributed by atoms with Gasteiger partial charge in [0, 0.05) is 30.6 Å². The molecule has 2 aromatic heterocycles. The van der Waals surface area contributed by atoms with Crippen LogP contribution in [0.2, 0.25) is 0 Å². The number of ether oxygens (including phenoxy) is 3. The van der Waals surface area contributed by atoms with E-state index in [1.807, 2.05) is 0 Å². The number of imide groups is 1. The Labute approximate surface area is 321 Å². The molecule has 3 aliphatic heterocycles. The number of fused-ring (bicyclic) bond motifs is 1. The number of aromatic nitrogens is 2. The van der Waals surface area contributed by atoms with Gasteiger partial charge in [-0.05, 0) is 123 Å². The van der Waals surface area contributed by atoms with E-state index in [0.29, 0.717) is 37.7 Å². The van der Waals surface area contributed by atoms with Crippen molar-refractivity contribution in [2.45, 2.75) is 110 Å². The largest absolute Gasteiger partial charge is 0.443 e. The van der Waals surface area contributed by atoms with E-state index in [0.717, 1.165) is 59.5 Å². The Morgan fingerprint density at radius 3 is 2.24 bits per heavy atom. The number of nitrogens with one attached hydrogen (secondary N) is 1. The lowest BCUT2D eigenvalue weighted by molar-refractivity contribution is -0.146. The summed E-state index contributed by atoms with van der Waals surface area (Å²) in [5.74, 6) is -0.996. The Hall–Kier alpha value is -4.14. The van der Waals surface area contributed by atoms with Gasteiger partial charge in [0.15, 0.2) is 5.82 Å². The fourth-order valence-electron chi connectivity index (χ4n) is 7.31. The molecule has 3 atom stereocenters. The van der Waals surface area contributed by atoms with Gasteiger partial charge < -0.3 is 29.3 Å². The van der Waals surface area contributed by atoms with E-state index >= 15 is 0 Å². The monoisotopic (exact) mass is 762 g/mol. The molecule has 4 amide bonds. The first kappa shape index (κ1) is 39.6. The van der Waals surface area contributed by atoms with Crippen molar-refractivity contribution in [1.82, 2.24) is 19.8 Å². The van der Waals surface area contributed by atoms with Gasteiger partial charge in [0.2, 0.25) is 0 Å². The quantitative estimate of drug-likeness (QED) is 0.258. The van der Waals surface area contributed by atoms with Crippen LogP contribution < -0.4 is 10.2 Å². The van der Waals surface area contributed by atoms with Crippen LogP contribution in [0.5, 0.6) is 0 Å². The van der Waals surface area contributed by atoms with Crippen LogP contribution in [0.3, 0.4) is 0 Å². The minimum atomic E-state index is -0.949. The van der Waals surface area contributed by atoms with Gasteiger partial charge in [-0.3, -0.25) is 9.59 Å². The fraction of sp³-hybridized carbons (Fsp3) is 0.600. The zero-order chi connectivity index (χ0) is 38.9. The van der Waals surface area contributed by atoms with Crippen LogP contribution in [0.15, 0.2) is 30.5 Å². The molecule has 13 nitrogen and oxygen atoms in total. The van der Waals surface area contributed by atoms with E-state index in [1.54, 1.807) is 63.8 Å². The topological polar surface area (TPSA) is 144 Å². The number of rotatable bonds is 5. The number of hydrogen-bond donors (Lipinski definition) is 1. The highest BCUT2D eigenvalue weighted by Gasteiger charge is 2.38. The Kier molecular flexibility index (Phi) is 11.7. The van der Waals surface area contributed by atoms with Gasteiger partial charge >= 0.3 is 24.0 Å². The third kappa shape index (κ3) is 9.38. The van der Waals surface area contributed by atoms with Gasteiger partial charge in [-0.25, -0.2) is 19.6 Å². The van der Waals surface area contributed by atoms with E-state index in [1.165, 1.54) is 11.2 Å². The van der Waals surface area contributed by atoms with Crippen LogP contribution in [-0.2, 0) is 23.8 Å². The first-order valence-electron chi connectivity index (χ1n) is 19.0. The SMILES string of the molecule is C[C@H]1CCC(c2ccc3sc(C4CCN(C)CC4)nc3c2)N(C(=O)C(=O)Nc2cnc(N(C(=O)OC(C)(C)C)C(=O)OC(C)(C)C)c(C3CCOC3)c2)C1. The van der Waals surface area contributed by atoms with Crippen LogP contribution in [0, 0.1) is 5.92 Å². The van der Waals surface area contributed by atoms with Crippen molar-refractivity contribution in [1.29, 1.82) is 0 Å². The lowest BCUT2D eigenvalue weighted by Gasteiger charge is -2.38. The Balaban J connectivity index is 1.25. The average molecular weight is 763 g/mol. The summed E-state index contributed by atoms with van der Waals surface area (Å²) < 4.78 is 18.0. The summed E-state index contributed by atoms with van der Waals surface area (Å²) in [6, 6.07) is 7.62. The average Bonchev–Trinajstić information content (AvgIpc) is 3.78. The van der Waals surface area contributed by atoms with Crippen LogP contribution >= 0.6 is 11.3 Å². The first-order chi connectivity index (χ1) is 25.5. The highest BCUT2D eigenvalue weighted by molar-refractivity contribution is 7.18. The Morgan fingerprint density at radius 2 is 1.61 bits per heavy atom. The number of pyridine rings is 1. The molecule has 3 saturated heterocycles. The number of likely N-dealkylation sites (tertiary alicyclic amines) is 2. The van der Waals surface area contributed by atoms with Crippen molar-refractivity contribution in [3.63, 3.8) is 0 Å². The van der Waals surface area contributed by atoms with Gasteiger partial charge in [0.05, 0.1) is 39.8 Å². The normalized spacial score (nSPS) is 21.6. The molecule has 0 radical (unpaired) electrons. The van der Waals surface area contributed by atoms with Gasteiger partial charge in [-0.2, -0.15) is 4.90 Å². The second-order valence-corrected chi connectivity index (χ2v) is 18.0. The molecule has 5 heterocycles. The lowest BCUT2D eigenvalue weighted by Crippen LogP contribution is -2.46. The molecule has 3 aromatic rings. The number of nitrogens with zero attached hydrogens (tertiary/aromatic N) is 5. The van der Waals surface area contributed by atoms with Crippen molar-refractivity contribution in [3.05, 3.63) is 46.6 Å². The molecule has 3 aliphatic rings. The third-order valence-electron chi connectivity index (χ3n) is 10.0. The molecule has 6 rings (SSSR count). The minimum absolute atomic E-state index is 0.0136. The summed E-state index contributed by atoms with van der Waals surface area (Å²) >= 11 is 1.75. The smallest absolute Gasteiger partial charge is 0.425 e. The van der Waals surface area contributed by atoms with Gasteiger partial charge in [0.25, 0.3) is 0 Å². The fourth-order valence-corrected chi connectivity index (χ4v) is 8.43. The zero-order valence-electron chi connectivity index (χ0n) is 32.8. The molecule has 0 spiro atoms. The summed E-state index contributed by atoms with van der Waals surface area (Å²) in [6.45, 7) is 15.6. The molecular formula is C40H54N6O7S. The summed E-state index contributed by atoms with van der Waals surface area (Å²) in [5.41, 5.74) is 0.813. The third-order valence-corrected chi connectivity index (χ3v) is 11.2. The molecule has 14 heteroatoms. The predicted octanol–water partition coefficient (Wildman–Crippen LogP) is 7.62. The lowest BCUT2D eigenvalue weighted by atomic mass is 9.89. The van der Waals surface area contributed by atoms with Crippen LogP contribution in [0.25, 0.3) is 10.2 Å². The number of benzene rings is 1. The van der Waals surface area contributed by atoms with Crippen molar-refractivity contribution < 1.29 is 33.4 Å².